The Balaban J connectivity index is 4.38. The topological polar surface area (TPSA) is 66.8 Å². The van der Waals surface area contributed by atoms with Crippen molar-refractivity contribution in [2.45, 2.75) is 71.2 Å². The van der Waals surface area contributed by atoms with Crippen molar-refractivity contribution < 1.29 is 19.7 Å². The standard InChI is InChI=1S/C12H24O4/c1-5-6-7-8-12(4,11(14)15)16-10(3)9(2)13/h9-10,13H,5-8H2,1-4H3,(H,14,15). The number of carbonyl (C=O) groups is 1. The number of ether oxygens (including phenoxy) is 1. The number of carboxylic acid groups (broad SMARTS) is 1. The van der Waals surface area contributed by atoms with E-state index in [1.807, 2.05) is 0 Å². The molecule has 0 aliphatic carbocycles. The van der Waals surface area contributed by atoms with Gasteiger partial charge in [0.05, 0.1) is 12.2 Å². The second kappa shape index (κ2) is 6.86. The van der Waals surface area contributed by atoms with Crippen LogP contribution in [-0.4, -0.2) is 34.0 Å². The molecule has 0 fully saturated rings. The van der Waals surface area contributed by atoms with Crippen LogP contribution in [0.3, 0.4) is 0 Å². The van der Waals surface area contributed by atoms with Crippen molar-refractivity contribution >= 4 is 5.97 Å². The highest BCUT2D eigenvalue weighted by molar-refractivity contribution is 5.76. The smallest absolute Gasteiger partial charge is 0.335 e. The van der Waals surface area contributed by atoms with Crippen molar-refractivity contribution in [1.82, 2.24) is 0 Å². The molecule has 0 amide bonds. The van der Waals surface area contributed by atoms with E-state index in [9.17, 15) is 9.90 Å². The molecule has 0 radical (unpaired) electrons. The molecule has 2 N–H and O–H groups in total. The fourth-order valence-electron chi connectivity index (χ4n) is 1.44. The first-order valence-corrected chi connectivity index (χ1v) is 5.92. The van der Waals surface area contributed by atoms with E-state index in [1.54, 1.807) is 20.8 Å². The molecule has 0 aromatic rings. The minimum Gasteiger partial charge on any atom is -0.479 e. The van der Waals surface area contributed by atoms with E-state index in [4.69, 9.17) is 9.84 Å². The van der Waals surface area contributed by atoms with Crippen LogP contribution in [0.15, 0.2) is 0 Å². The van der Waals surface area contributed by atoms with Crippen LogP contribution >= 0.6 is 0 Å². The fraction of sp³-hybridized carbons (Fsp3) is 0.917. The molecule has 96 valence electrons. The molecule has 16 heavy (non-hydrogen) atoms. The summed E-state index contributed by atoms with van der Waals surface area (Å²) in [6.07, 6.45) is 2.21. The van der Waals surface area contributed by atoms with E-state index in [-0.39, 0.29) is 0 Å². The van der Waals surface area contributed by atoms with E-state index in [0.717, 1.165) is 19.3 Å². The Morgan fingerprint density at radius 3 is 2.31 bits per heavy atom. The maximum atomic E-state index is 11.2. The minimum atomic E-state index is -1.19. The molecule has 0 aliphatic rings. The molecule has 0 aromatic carbocycles. The lowest BCUT2D eigenvalue weighted by Gasteiger charge is -2.30. The van der Waals surface area contributed by atoms with E-state index in [1.165, 1.54) is 0 Å². The molecule has 4 heteroatoms. The maximum Gasteiger partial charge on any atom is 0.335 e. The van der Waals surface area contributed by atoms with Crippen molar-refractivity contribution in [3.8, 4) is 0 Å². The zero-order chi connectivity index (χ0) is 12.8. The first-order valence-electron chi connectivity index (χ1n) is 5.92. The van der Waals surface area contributed by atoms with Gasteiger partial charge in [0.1, 0.15) is 0 Å². The number of unbranched alkanes of at least 4 members (excludes halogenated alkanes) is 2. The Morgan fingerprint density at radius 1 is 1.38 bits per heavy atom. The van der Waals surface area contributed by atoms with Crippen LogP contribution in [0.4, 0.5) is 0 Å². The number of carboxylic acids is 1. The molecule has 0 rings (SSSR count). The van der Waals surface area contributed by atoms with Gasteiger partial charge in [0.25, 0.3) is 0 Å². The van der Waals surface area contributed by atoms with Gasteiger partial charge in [-0.2, -0.15) is 0 Å². The van der Waals surface area contributed by atoms with E-state index < -0.39 is 23.8 Å². The summed E-state index contributed by atoms with van der Waals surface area (Å²) in [7, 11) is 0. The van der Waals surface area contributed by atoms with Crippen molar-refractivity contribution in [2.24, 2.45) is 0 Å². The van der Waals surface area contributed by atoms with Gasteiger partial charge in [-0.15, -0.1) is 0 Å². The number of aliphatic hydroxyl groups excluding tert-OH is 1. The number of hydrogen-bond acceptors (Lipinski definition) is 3. The van der Waals surface area contributed by atoms with Gasteiger partial charge in [0.2, 0.25) is 0 Å². The van der Waals surface area contributed by atoms with Crippen LogP contribution < -0.4 is 0 Å². The molecule has 0 heterocycles. The Morgan fingerprint density at radius 2 is 1.94 bits per heavy atom. The third-order valence-corrected chi connectivity index (χ3v) is 2.84. The molecule has 0 aliphatic heterocycles. The van der Waals surface area contributed by atoms with Gasteiger partial charge in [0, 0.05) is 0 Å². The molecule has 0 saturated carbocycles. The fourth-order valence-corrected chi connectivity index (χ4v) is 1.44. The largest absolute Gasteiger partial charge is 0.479 e. The Bertz CT molecular complexity index is 215. The first kappa shape index (κ1) is 15.4. The highest BCUT2D eigenvalue weighted by Gasteiger charge is 2.36. The third kappa shape index (κ3) is 4.94. The lowest BCUT2D eigenvalue weighted by atomic mass is 9.97. The van der Waals surface area contributed by atoms with Gasteiger partial charge < -0.3 is 14.9 Å². The predicted molar refractivity (Wildman–Crippen MR) is 62.4 cm³/mol. The monoisotopic (exact) mass is 232 g/mol. The maximum absolute atomic E-state index is 11.2. The molecule has 0 aromatic heterocycles. The molecule has 0 spiro atoms. The summed E-state index contributed by atoms with van der Waals surface area (Å²) in [5.41, 5.74) is -1.19. The third-order valence-electron chi connectivity index (χ3n) is 2.84. The summed E-state index contributed by atoms with van der Waals surface area (Å²) in [4.78, 5) is 11.2. The lowest BCUT2D eigenvalue weighted by molar-refractivity contribution is -0.178. The highest BCUT2D eigenvalue weighted by Crippen LogP contribution is 2.22. The molecular formula is C12H24O4. The van der Waals surface area contributed by atoms with Gasteiger partial charge in [-0.1, -0.05) is 19.8 Å². The van der Waals surface area contributed by atoms with Crippen LogP contribution in [0.1, 0.15) is 53.4 Å². The van der Waals surface area contributed by atoms with E-state index >= 15 is 0 Å². The summed E-state index contributed by atoms with van der Waals surface area (Å²) < 4.78 is 5.46. The van der Waals surface area contributed by atoms with Crippen molar-refractivity contribution in [1.29, 1.82) is 0 Å². The average Bonchev–Trinajstić information content (AvgIpc) is 2.17. The van der Waals surface area contributed by atoms with E-state index in [0.29, 0.717) is 6.42 Å². The van der Waals surface area contributed by atoms with Gasteiger partial charge in [-0.05, 0) is 33.6 Å². The summed E-state index contributed by atoms with van der Waals surface area (Å²) in [5.74, 6) is -0.962. The zero-order valence-corrected chi connectivity index (χ0v) is 10.7. The highest BCUT2D eigenvalue weighted by atomic mass is 16.5. The van der Waals surface area contributed by atoms with Crippen LogP contribution in [0, 0.1) is 0 Å². The van der Waals surface area contributed by atoms with Crippen molar-refractivity contribution in [3.63, 3.8) is 0 Å². The molecular weight excluding hydrogens is 208 g/mol. The summed E-state index contributed by atoms with van der Waals surface area (Å²) >= 11 is 0. The number of hydrogen-bond donors (Lipinski definition) is 2. The zero-order valence-electron chi connectivity index (χ0n) is 10.7. The number of aliphatic hydroxyl groups is 1. The van der Waals surface area contributed by atoms with Crippen LogP contribution in [0.2, 0.25) is 0 Å². The predicted octanol–water partition coefficient (Wildman–Crippen LogP) is 2.20. The van der Waals surface area contributed by atoms with Crippen LogP contribution in [0.5, 0.6) is 0 Å². The molecule has 0 saturated heterocycles. The normalized spacial score (nSPS) is 18.8. The summed E-state index contributed by atoms with van der Waals surface area (Å²) in [6.45, 7) is 6.92. The Labute approximate surface area is 97.6 Å². The first-order chi connectivity index (χ1) is 7.33. The summed E-state index contributed by atoms with van der Waals surface area (Å²) in [5, 5.41) is 18.5. The van der Waals surface area contributed by atoms with Gasteiger partial charge in [-0.25, -0.2) is 4.79 Å². The number of rotatable bonds is 8. The molecule has 4 nitrogen and oxygen atoms in total. The minimum absolute atomic E-state index is 0.470. The van der Waals surface area contributed by atoms with Gasteiger partial charge in [0.15, 0.2) is 5.60 Å². The molecule has 3 atom stereocenters. The number of aliphatic carboxylic acids is 1. The van der Waals surface area contributed by atoms with Gasteiger partial charge in [-0.3, -0.25) is 0 Å². The Kier molecular flexibility index (Phi) is 6.60. The van der Waals surface area contributed by atoms with Crippen LogP contribution in [-0.2, 0) is 9.53 Å². The summed E-state index contributed by atoms with van der Waals surface area (Å²) in [6, 6.07) is 0. The van der Waals surface area contributed by atoms with E-state index in [2.05, 4.69) is 6.92 Å². The van der Waals surface area contributed by atoms with Crippen molar-refractivity contribution in [3.05, 3.63) is 0 Å². The Hall–Kier alpha value is -0.610. The lowest BCUT2D eigenvalue weighted by Crippen LogP contribution is -2.43. The van der Waals surface area contributed by atoms with Crippen LogP contribution in [0.25, 0.3) is 0 Å². The average molecular weight is 232 g/mol. The second-order valence-corrected chi connectivity index (χ2v) is 4.56. The second-order valence-electron chi connectivity index (χ2n) is 4.56. The van der Waals surface area contributed by atoms with Crippen molar-refractivity contribution in [2.75, 3.05) is 0 Å². The SMILES string of the molecule is CCCCCC(C)(OC(C)C(C)O)C(=O)O. The molecule has 3 unspecified atom stereocenters. The quantitative estimate of drug-likeness (QED) is 0.630. The van der Waals surface area contributed by atoms with Gasteiger partial charge >= 0.3 is 5.97 Å². The molecule has 0 bridgehead atoms.